The van der Waals surface area contributed by atoms with Gasteiger partial charge < -0.3 is 9.47 Å². The van der Waals surface area contributed by atoms with Crippen LogP contribution in [0.3, 0.4) is 0 Å². The molecule has 0 spiro atoms. The number of hydrogen-bond donors (Lipinski definition) is 1. The Morgan fingerprint density at radius 1 is 0.964 bits per heavy atom. The summed E-state index contributed by atoms with van der Waals surface area (Å²) in [6.07, 6.45) is 3.88. The molecule has 0 fully saturated rings. The Hall–Kier alpha value is -2.97. The first-order valence-corrected chi connectivity index (χ1v) is 10.1. The topological polar surface area (TPSA) is 90.4 Å². The Kier molecular flexibility index (Phi) is 6.23. The predicted molar refractivity (Wildman–Crippen MR) is 106 cm³/mol. The molecule has 0 aliphatic rings. The van der Waals surface area contributed by atoms with Gasteiger partial charge in [0.2, 0.25) is 10.0 Å². The van der Waals surface area contributed by atoms with Crippen LogP contribution >= 0.6 is 0 Å². The van der Waals surface area contributed by atoms with Gasteiger partial charge in [0.15, 0.2) is 5.82 Å². The summed E-state index contributed by atoms with van der Waals surface area (Å²) in [5.41, 5.74) is 1.77. The van der Waals surface area contributed by atoms with E-state index in [4.69, 9.17) is 9.47 Å². The van der Waals surface area contributed by atoms with Gasteiger partial charge in [0.25, 0.3) is 0 Å². The van der Waals surface area contributed by atoms with Crippen molar-refractivity contribution in [3.8, 4) is 22.9 Å². The van der Waals surface area contributed by atoms with Gasteiger partial charge in [-0.3, -0.25) is 0 Å². The maximum atomic E-state index is 12.6. The van der Waals surface area contributed by atoms with Gasteiger partial charge in [0, 0.05) is 30.6 Å². The first kappa shape index (κ1) is 19.8. The van der Waals surface area contributed by atoms with Crippen molar-refractivity contribution >= 4 is 10.0 Å². The Labute approximate surface area is 164 Å². The van der Waals surface area contributed by atoms with Crippen molar-refractivity contribution in [2.75, 3.05) is 20.8 Å². The van der Waals surface area contributed by atoms with Gasteiger partial charge in [0.1, 0.15) is 16.4 Å². The van der Waals surface area contributed by atoms with Gasteiger partial charge in [-0.15, -0.1) is 0 Å². The minimum atomic E-state index is -3.72. The fourth-order valence-electron chi connectivity index (χ4n) is 2.62. The Balaban J connectivity index is 1.64. The number of aromatic nitrogens is 2. The molecule has 1 N–H and O–H groups in total. The van der Waals surface area contributed by atoms with Crippen LogP contribution < -0.4 is 14.2 Å². The van der Waals surface area contributed by atoms with E-state index in [1.807, 2.05) is 30.3 Å². The van der Waals surface area contributed by atoms with Gasteiger partial charge >= 0.3 is 0 Å². The third-order valence-corrected chi connectivity index (χ3v) is 5.60. The van der Waals surface area contributed by atoms with Crippen molar-refractivity contribution in [3.05, 3.63) is 66.5 Å². The molecule has 1 heterocycles. The molecule has 0 saturated carbocycles. The number of nitrogens with zero attached hydrogens (tertiary/aromatic N) is 2. The largest absolute Gasteiger partial charge is 0.497 e. The van der Waals surface area contributed by atoms with E-state index >= 15 is 0 Å². The molecular weight excluding hydrogens is 378 g/mol. The summed E-state index contributed by atoms with van der Waals surface area (Å²) in [7, 11) is -0.798. The van der Waals surface area contributed by atoms with Crippen LogP contribution in [0, 0.1) is 0 Å². The van der Waals surface area contributed by atoms with E-state index in [1.165, 1.54) is 26.4 Å². The zero-order chi connectivity index (χ0) is 20.0. The van der Waals surface area contributed by atoms with Crippen LogP contribution in [0.4, 0.5) is 0 Å². The Bertz CT molecular complexity index is 1020. The summed E-state index contributed by atoms with van der Waals surface area (Å²) in [5, 5.41) is 0. The zero-order valence-corrected chi connectivity index (χ0v) is 16.4. The van der Waals surface area contributed by atoms with Crippen molar-refractivity contribution < 1.29 is 17.9 Å². The standard InChI is InChI=1S/C20H21N3O4S/c1-26-17-8-9-19(18(12-17)27-2)28(24,25)23-11-10-15-13-21-20(22-14-15)16-6-4-3-5-7-16/h3-9,12-14,23H,10-11H2,1-2H3. The minimum absolute atomic E-state index is 0.0616. The van der Waals surface area contributed by atoms with Gasteiger partial charge in [-0.2, -0.15) is 0 Å². The molecule has 3 aromatic rings. The summed E-state index contributed by atoms with van der Waals surface area (Å²) < 4.78 is 38.0. The monoisotopic (exact) mass is 399 g/mol. The van der Waals surface area contributed by atoms with Crippen LogP contribution in [0.25, 0.3) is 11.4 Å². The van der Waals surface area contributed by atoms with Crippen LogP contribution in [-0.4, -0.2) is 39.2 Å². The predicted octanol–water partition coefficient (Wildman–Crippen LogP) is 2.68. The summed E-state index contributed by atoms with van der Waals surface area (Å²) >= 11 is 0. The van der Waals surface area contributed by atoms with Crippen LogP contribution in [0.5, 0.6) is 11.5 Å². The average Bonchev–Trinajstić information content (AvgIpc) is 2.74. The lowest BCUT2D eigenvalue weighted by atomic mass is 10.2. The van der Waals surface area contributed by atoms with Crippen LogP contribution in [-0.2, 0) is 16.4 Å². The molecule has 0 aliphatic carbocycles. The fraction of sp³-hybridized carbons (Fsp3) is 0.200. The molecule has 146 valence electrons. The van der Waals surface area contributed by atoms with E-state index in [2.05, 4.69) is 14.7 Å². The van der Waals surface area contributed by atoms with Crippen molar-refractivity contribution in [2.45, 2.75) is 11.3 Å². The number of sulfonamides is 1. The third-order valence-electron chi connectivity index (χ3n) is 4.10. The van der Waals surface area contributed by atoms with Gasteiger partial charge in [-0.05, 0) is 24.1 Å². The quantitative estimate of drug-likeness (QED) is 0.626. The van der Waals surface area contributed by atoms with E-state index in [0.29, 0.717) is 18.0 Å². The highest BCUT2D eigenvalue weighted by Gasteiger charge is 2.19. The number of benzene rings is 2. The maximum absolute atomic E-state index is 12.6. The van der Waals surface area contributed by atoms with E-state index in [9.17, 15) is 8.42 Å². The van der Waals surface area contributed by atoms with Gasteiger partial charge in [0.05, 0.1) is 14.2 Å². The van der Waals surface area contributed by atoms with Crippen LogP contribution in [0.2, 0.25) is 0 Å². The summed E-state index contributed by atoms with van der Waals surface area (Å²) in [6.45, 7) is 0.214. The van der Waals surface area contributed by atoms with Crippen molar-refractivity contribution in [2.24, 2.45) is 0 Å². The smallest absolute Gasteiger partial charge is 0.244 e. The highest BCUT2D eigenvalue weighted by atomic mass is 32.2. The number of methoxy groups -OCH3 is 2. The first-order chi connectivity index (χ1) is 13.5. The zero-order valence-electron chi connectivity index (χ0n) is 15.6. The lowest BCUT2D eigenvalue weighted by Crippen LogP contribution is -2.26. The molecule has 0 aliphatic heterocycles. The molecule has 1 aromatic heterocycles. The number of nitrogens with one attached hydrogen (secondary N) is 1. The minimum Gasteiger partial charge on any atom is -0.497 e. The molecule has 8 heteroatoms. The van der Waals surface area contributed by atoms with Gasteiger partial charge in [-0.1, -0.05) is 30.3 Å². The molecule has 3 rings (SSSR count). The number of ether oxygens (including phenoxy) is 2. The third kappa shape index (κ3) is 4.65. The fourth-order valence-corrected chi connectivity index (χ4v) is 3.81. The van der Waals surface area contributed by atoms with E-state index in [0.717, 1.165) is 11.1 Å². The molecule has 0 atom stereocenters. The number of hydrogen-bond acceptors (Lipinski definition) is 6. The Morgan fingerprint density at radius 3 is 2.32 bits per heavy atom. The van der Waals surface area contributed by atoms with E-state index in [1.54, 1.807) is 18.5 Å². The summed E-state index contributed by atoms with van der Waals surface area (Å²) in [6, 6.07) is 14.2. The lowest BCUT2D eigenvalue weighted by molar-refractivity contribution is 0.386. The maximum Gasteiger partial charge on any atom is 0.244 e. The summed E-state index contributed by atoms with van der Waals surface area (Å²) in [4.78, 5) is 8.75. The molecular formula is C20H21N3O4S. The summed E-state index contributed by atoms with van der Waals surface area (Å²) in [5.74, 6) is 1.38. The molecule has 7 nitrogen and oxygen atoms in total. The van der Waals surface area contributed by atoms with Crippen LogP contribution in [0.1, 0.15) is 5.56 Å². The average molecular weight is 399 g/mol. The second kappa shape index (κ2) is 8.81. The van der Waals surface area contributed by atoms with Crippen molar-refractivity contribution in [1.29, 1.82) is 0 Å². The highest BCUT2D eigenvalue weighted by molar-refractivity contribution is 7.89. The van der Waals surface area contributed by atoms with E-state index in [-0.39, 0.29) is 17.2 Å². The normalized spacial score (nSPS) is 11.2. The van der Waals surface area contributed by atoms with E-state index < -0.39 is 10.0 Å². The first-order valence-electron chi connectivity index (χ1n) is 8.61. The molecule has 0 saturated heterocycles. The number of rotatable bonds is 8. The molecule has 0 amide bonds. The SMILES string of the molecule is COc1ccc(S(=O)(=O)NCCc2cnc(-c3ccccc3)nc2)c(OC)c1. The molecule has 0 unspecified atom stereocenters. The molecule has 2 aromatic carbocycles. The second-order valence-electron chi connectivity index (χ2n) is 5.95. The Morgan fingerprint density at radius 2 is 1.68 bits per heavy atom. The molecule has 0 radical (unpaired) electrons. The molecule has 28 heavy (non-hydrogen) atoms. The lowest BCUT2D eigenvalue weighted by Gasteiger charge is -2.12. The molecule has 0 bridgehead atoms. The van der Waals surface area contributed by atoms with Crippen molar-refractivity contribution in [3.63, 3.8) is 0 Å². The second-order valence-corrected chi connectivity index (χ2v) is 7.68. The van der Waals surface area contributed by atoms with Crippen LogP contribution in [0.15, 0.2) is 65.8 Å². The van der Waals surface area contributed by atoms with Gasteiger partial charge in [-0.25, -0.2) is 23.1 Å². The van der Waals surface area contributed by atoms with Crippen molar-refractivity contribution in [1.82, 2.24) is 14.7 Å². The highest BCUT2D eigenvalue weighted by Crippen LogP contribution is 2.28.